The maximum absolute atomic E-state index is 6.17. The SMILES string of the molecule is CC(C)CNCC(C)NCc1ccc(Br)cc1Cl. The second-order valence-electron chi connectivity index (χ2n) is 5.07. The Morgan fingerprint density at radius 2 is 1.94 bits per heavy atom. The summed E-state index contributed by atoms with van der Waals surface area (Å²) in [5.74, 6) is 0.693. The zero-order chi connectivity index (χ0) is 13.5. The fourth-order valence-corrected chi connectivity index (χ4v) is 2.35. The highest BCUT2D eigenvalue weighted by atomic mass is 79.9. The van der Waals surface area contributed by atoms with Gasteiger partial charge in [-0.05, 0) is 37.1 Å². The Morgan fingerprint density at radius 3 is 2.56 bits per heavy atom. The molecule has 1 aromatic carbocycles. The van der Waals surface area contributed by atoms with E-state index in [9.17, 15) is 0 Å². The fourth-order valence-electron chi connectivity index (χ4n) is 1.61. The molecule has 0 aromatic heterocycles. The van der Waals surface area contributed by atoms with Crippen molar-refractivity contribution >= 4 is 27.5 Å². The van der Waals surface area contributed by atoms with E-state index in [1.54, 1.807) is 0 Å². The zero-order valence-corrected chi connectivity index (χ0v) is 13.6. The maximum Gasteiger partial charge on any atom is 0.0462 e. The molecule has 1 aromatic rings. The van der Waals surface area contributed by atoms with E-state index in [1.165, 1.54) is 0 Å². The number of halogens is 2. The molecule has 1 rings (SSSR count). The third-order valence-electron chi connectivity index (χ3n) is 2.66. The Morgan fingerprint density at radius 1 is 1.22 bits per heavy atom. The Kier molecular flexibility index (Phi) is 7.23. The molecule has 1 unspecified atom stereocenters. The highest BCUT2D eigenvalue weighted by Crippen LogP contribution is 2.21. The van der Waals surface area contributed by atoms with Crippen molar-refractivity contribution in [1.29, 1.82) is 0 Å². The van der Waals surface area contributed by atoms with Crippen molar-refractivity contribution in [1.82, 2.24) is 10.6 Å². The quantitative estimate of drug-likeness (QED) is 0.792. The molecule has 1 atom stereocenters. The molecule has 4 heteroatoms. The Labute approximate surface area is 124 Å². The molecule has 0 aliphatic heterocycles. The summed E-state index contributed by atoms with van der Waals surface area (Å²) in [4.78, 5) is 0. The van der Waals surface area contributed by atoms with Crippen molar-refractivity contribution in [3.8, 4) is 0 Å². The molecule has 0 radical (unpaired) electrons. The normalized spacial score (nSPS) is 13.0. The van der Waals surface area contributed by atoms with E-state index in [0.717, 1.165) is 34.7 Å². The second kappa shape index (κ2) is 8.16. The van der Waals surface area contributed by atoms with Gasteiger partial charge in [0.2, 0.25) is 0 Å². The van der Waals surface area contributed by atoms with Crippen molar-refractivity contribution in [3.63, 3.8) is 0 Å². The van der Waals surface area contributed by atoms with Gasteiger partial charge < -0.3 is 10.6 Å². The third-order valence-corrected chi connectivity index (χ3v) is 3.50. The molecule has 0 saturated heterocycles. The van der Waals surface area contributed by atoms with Gasteiger partial charge in [-0.15, -0.1) is 0 Å². The van der Waals surface area contributed by atoms with Gasteiger partial charge in [0.15, 0.2) is 0 Å². The molecule has 0 amide bonds. The van der Waals surface area contributed by atoms with Crippen molar-refractivity contribution in [2.75, 3.05) is 13.1 Å². The molecule has 0 saturated carbocycles. The summed E-state index contributed by atoms with van der Waals surface area (Å²) in [5.41, 5.74) is 1.13. The lowest BCUT2D eigenvalue weighted by Crippen LogP contribution is -2.37. The lowest BCUT2D eigenvalue weighted by Gasteiger charge is -2.16. The van der Waals surface area contributed by atoms with E-state index < -0.39 is 0 Å². The van der Waals surface area contributed by atoms with Crippen LogP contribution >= 0.6 is 27.5 Å². The molecule has 2 N–H and O–H groups in total. The van der Waals surface area contributed by atoms with Gasteiger partial charge in [-0.1, -0.05) is 47.4 Å². The van der Waals surface area contributed by atoms with Gasteiger partial charge in [0.25, 0.3) is 0 Å². The van der Waals surface area contributed by atoms with Crippen LogP contribution in [0, 0.1) is 5.92 Å². The summed E-state index contributed by atoms with van der Waals surface area (Å²) in [6.07, 6.45) is 0. The van der Waals surface area contributed by atoms with Gasteiger partial charge in [-0.25, -0.2) is 0 Å². The molecular weight excluding hydrogens is 312 g/mol. The molecule has 0 fully saturated rings. The van der Waals surface area contributed by atoms with Gasteiger partial charge in [-0.2, -0.15) is 0 Å². The maximum atomic E-state index is 6.17. The molecule has 0 heterocycles. The van der Waals surface area contributed by atoms with Crippen molar-refractivity contribution < 1.29 is 0 Å². The summed E-state index contributed by atoms with van der Waals surface area (Å²) >= 11 is 9.58. The second-order valence-corrected chi connectivity index (χ2v) is 6.39. The van der Waals surface area contributed by atoms with Crippen LogP contribution in [0.4, 0.5) is 0 Å². The first-order valence-corrected chi connectivity index (χ1v) is 7.54. The predicted octanol–water partition coefficient (Wildman–Crippen LogP) is 3.83. The number of hydrogen-bond donors (Lipinski definition) is 2. The Balaban J connectivity index is 2.31. The van der Waals surface area contributed by atoms with Crippen LogP contribution in [-0.2, 0) is 6.54 Å². The first-order valence-electron chi connectivity index (χ1n) is 6.37. The third kappa shape index (κ3) is 6.19. The minimum Gasteiger partial charge on any atom is -0.315 e. The summed E-state index contributed by atoms with van der Waals surface area (Å²) < 4.78 is 1.02. The van der Waals surface area contributed by atoms with Gasteiger partial charge in [0.05, 0.1) is 0 Å². The Hall–Kier alpha value is -0.0900. The molecule has 0 spiro atoms. The molecule has 102 valence electrons. The smallest absolute Gasteiger partial charge is 0.0462 e. The highest BCUT2D eigenvalue weighted by Gasteiger charge is 2.04. The number of nitrogens with one attached hydrogen (secondary N) is 2. The molecular formula is C14H22BrClN2. The molecule has 0 aliphatic carbocycles. The van der Waals surface area contributed by atoms with E-state index in [1.807, 2.05) is 18.2 Å². The number of benzene rings is 1. The van der Waals surface area contributed by atoms with E-state index in [4.69, 9.17) is 11.6 Å². The number of hydrogen-bond acceptors (Lipinski definition) is 2. The summed E-state index contributed by atoms with van der Waals surface area (Å²) in [5, 5.41) is 7.72. The average Bonchev–Trinajstić information content (AvgIpc) is 2.27. The van der Waals surface area contributed by atoms with E-state index in [-0.39, 0.29) is 0 Å². The summed E-state index contributed by atoms with van der Waals surface area (Å²) in [6.45, 7) is 9.45. The standard InChI is InChI=1S/C14H22BrClN2/c1-10(2)7-17-8-11(3)18-9-12-4-5-13(15)6-14(12)16/h4-6,10-11,17-18H,7-9H2,1-3H3. The Bertz CT molecular complexity index is 369. The molecule has 18 heavy (non-hydrogen) atoms. The van der Waals surface area contributed by atoms with Crippen LogP contribution in [0.25, 0.3) is 0 Å². The first-order chi connectivity index (χ1) is 8.49. The zero-order valence-electron chi connectivity index (χ0n) is 11.3. The summed E-state index contributed by atoms with van der Waals surface area (Å²) in [7, 11) is 0. The van der Waals surface area contributed by atoms with Crippen molar-refractivity contribution in [3.05, 3.63) is 33.3 Å². The minimum atomic E-state index is 0.434. The van der Waals surface area contributed by atoms with Gasteiger partial charge in [-0.3, -0.25) is 0 Å². The highest BCUT2D eigenvalue weighted by molar-refractivity contribution is 9.10. The van der Waals surface area contributed by atoms with E-state index in [2.05, 4.69) is 47.3 Å². The largest absolute Gasteiger partial charge is 0.315 e. The fraction of sp³-hybridized carbons (Fsp3) is 0.571. The first kappa shape index (κ1) is 16.0. The number of rotatable bonds is 7. The molecule has 0 bridgehead atoms. The van der Waals surface area contributed by atoms with Crippen LogP contribution in [0.15, 0.2) is 22.7 Å². The van der Waals surface area contributed by atoms with Crippen LogP contribution in [-0.4, -0.2) is 19.1 Å². The van der Waals surface area contributed by atoms with Gasteiger partial charge in [0, 0.05) is 28.6 Å². The monoisotopic (exact) mass is 332 g/mol. The van der Waals surface area contributed by atoms with Gasteiger partial charge >= 0.3 is 0 Å². The minimum absolute atomic E-state index is 0.434. The lowest BCUT2D eigenvalue weighted by atomic mass is 10.2. The van der Waals surface area contributed by atoms with Gasteiger partial charge in [0.1, 0.15) is 0 Å². The van der Waals surface area contributed by atoms with Crippen LogP contribution in [0.1, 0.15) is 26.3 Å². The van der Waals surface area contributed by atoms with Crippen LogP contribution in [0.3, 0.4) is 0 Å². The van der Waals surface area contributed by atoms with Crippen LogP contribution in [0.2, 0.25) is 5.02 Å². The molecule has 2 nitrogen and oxygen atoms in total. The van der Waals surface area contributed by atoms with Crippen molar-refractivity contribution in [2.24, 2.45) is 5.92 Å². The van der Waals surface area contributed by atoms with Crippen LogP contribution in [0.5, 0.6) is 0 Å². The topological polar surface area (TPSA) is 24.1 Å². The average molecular weight is 334 g/mol. The van der Waals surface area contributed by atoms with Crippen molar-refractivity contribution in [2.45, 2.75) is 33.4 Å². The predicted molar refractivity (Wildman–Crippen MR) is 83.2 cm³/mol. The lowest BCUT2D eigenvalue weighted by molar-refractivity contribution is 0.472. The van der Waals surface area contributed by atoms with Crippen LogP contribution < -0.4 is 10.6 Å². The van der Waals surface area contributed by atoms with E-state index >= 15 is 0 Å². The summed E-state index contributed by atoms with van der Waals surface area (Å²) in [6, 6.07) is 6.43. The van der Waals surface area contributed by atoms with E-state index in [0.29, 0.717) is 12.0 Å². The molecule has 0 aliphatic rings.